The number of rotatable bonds is 3. The Bertz CT molecular complexity index is 593. The van der Waals surface area contributed by atoms with Gasteiger partial charge in [0.25, 0.3) is 0 Å². The van der Waals surface area contributed by atoms with E-state index in [1.165, 1.54) is 13.8 Å². The number of para-hydroxylation sites is 2. The standard InChI is InChI=1S/C16H16N2O2/c1-11(19)17-15-9-5-3-7-13(15)14-8-4-6-10-16(14)18-12(2)20/h3-10H,1-2H3,(H,17,19)(H,18,20). The Morgan fingerprint density at radius 3 is 1.40 bits per heavy atom. The summed E-state index contributed by atoms with van der Waals surface area (Å²) in [4.78, 5) is 22.6. The molecule has 0 heterocycles. The first-order valence-electron chi connectivity index (χ1n) is 6.31. The monoisotopic (exact) mass is 268 g/mol. The largest absolute Gasteiger partial charge is 0.326 e. The molecule has 102 valence electrons. The molecule has 0 saturated heterocycles. The molecule has 0 radical (unpaired) electrons. The Labute approximate surface area is 117 Å². The van der Waals surface area contributed by atoms with E-state index >= 15 is 0 Å². The smallest absolute Gasteiger partial charge is 0.221 e. The maximum absolute atomic E-state index is 11.3. The van der Waals surface area contributed by atoms with Crippen LogP contribution in [0, 0.1) is 0 Å². The second-order valence-corrected chi connectivity index (χ2v) is 4.45. The van der Waals surface area contributed by atoms with Gasteiger partial charge in [-0.15, -0.1) is 0 Å². The van der Waals surface area contributed by atoms with Gasteiger partial charge in [0.15, 0.2) is 0 Å². The molecular formula is C16H16N2O2. The van der Waals surface area contributed by atoms with E-state index in [2.05, 4.69) is 10.6 Å². The summed E-state index contributed by atoms with van der Waals surface area (Å²) in [6.07, 6.45) is 0. The van der Waals surface area contributed by atoms with Crippen molar-refractivity contribution in [2.24, 2.45) is 0 Å². The first-order valence-corrected chi connectivity index (χ1v) is 6.31. The topological polar surface area (TPSA) is 58.2 Å². The van der Waals surface area contributed by atoms with Crippen molar-refractivity contribution in [1.29, 1.82) is 0 Å². The van der Waals surface area contributed by atoms with Crippen molar-refractivity contribution in [3.63, 3.8) is 0 Å². The molecule has 0 bridgehead atoms. The zero-order valence-corrected chi connectivity index (χ0v) is 11.4. The maximum Gasteiger partial charge on any atom is 0.221 e. The molecule has 0 unspecified atom stereocenters. The lowest BCUT2D eigenvalue weighted by atomic mass is 10.0. The van der Waals surface area contributed by atoms with Gasteiger partial charge in [-0.05, 0) is 12.1 Å². The van der Waals surface area contributed by atoms with Gasteiger partial charge < -0.3 is 10.6 Å². The minimum absolute atomic E-state index is 0.130. The highest BCUT2D eigenvalue weighted by molar-refractivity contribution is 5.99. The molecule has 0 saturated carbocycles. The van der Waals surface area contributed by atoms with Gasteiger partial charge in [0.1, 0.15) is 0 Å². The molecule has 0 aliphatic heterocycles. The molecule has 2 aromatic carbocycles. The van der Waals surface area contributed by atoms with E-state index in [1.807, 2.05) is 48.5 Å². The van der Waals surface area contributed by atoms with Crippen molar-refractivity contribution >= 4 is 23.2 Å². The van der Waals surface area contributed by atoms with Gasteiger partial charge in [0, 0.05) is 36.3 Å². The molecule has 4 nitrogen and oxygen atoms in total. The number of hydrogen-bond acceptors (Lipinski definition) is 2. The highest BCUT2D eigenvalue weighted by Gasteiger charge is 2.10. The van der Waals surface area contributed by atoms with Crippen LogP contribution in [0.2, 0.25) is 0 Å². The van der Waals surface area contributed by atoms with Crippen molar-refractivity contribution in [3.8, 4) is 11.1 Å². The van der Waals surface area contributed by atoms with Gasteiger partial charge in [-0.2, -0.15) is 0 Å². The molecule has 2 N–H and O–H groups in total. The lowest BCUT2D eigenvalue weighted by Gasteiger charge is -2.14. The van der Waals surface area contributed by atoms with Crippen molar-refractivity contribution in [2.75, 3.05) is 10.6 Å². The maximum atomic E-state index is 11.3. The minimum Gasteiger partial charge on any atom is -0.326 e. The third kappa shape index (κ3) is 3.23. The van der Waals surface area contributed by atoms with Crippen molar-refractivity contribution in [3.05, 3.63) is 48.5 Å². The fraction of sp³-hybridized carbons (Fsp3) is 0.125. The van der Waals surface area contributed by atoms with Gasteiger partial charge in [-0.25, -0.2) is 0 Å². The molecule has 0 atom stereocenters. The van der Waals surface area contributed by atoms with Crippen LogP contribution in [0.25, 0.3) is 11.1 Å². The first-order chi connectivity index (χ1) is 9.58. The van der Waals surface area contributed by atoms with Crippen molar-refractivity contribution < 1.29 is 9.59 Å². The quantitative estimate of drug-likeness (QED) is 0.897. The summed E-state index contributed by atoms with van der Waals surface area (Å²) in [5.74, 6) is -0.260. The number of anilines is 2. The van der Waals surface area contributed by atoms with Crippen LogP contribution in [0.1, 0.15) is 13.8 Å². The SMILES string of the molecule is CC(=O)Nc1ccccc1-c1ccccc1NC(C)=O. The fourth-order valence-corrected chi connectivity index (χ4v) is 2.03. The molecule has 0 aliphatic carbocycles. The van der Waals surface area contributed by atoms with Crippen LogP contribution < -0.4 is 10.6 Å². The molecule has 2 amide bonds. The van der Waals surface area contributed by atoms with Crippen molar-refractivity contribution in [1.82, 2.24) is 0 Å². The van der Waals surface area contributed by atoms with E-state index in [1.54, 1.807) is 0 Å². The van der Waals surface area contributed by atoms with Crippen LogP contribution in [0.4, 0.5) is 11.4 Å². The summed E-state index contributed by atoms with van der Waals surface area (Å²) in [6.45, 7) is 2.94. The van der Waals surface area contributed by atoms with E-state index < -0.39 is 0 Å². The molecule has 4 heteroatoms. The number of amides is 2. The average molecular weight is 268 g/mol. The second kappa shape index (κ2) is 6.02. The Hall–Kier alpha value is -2.62. The van der Waals surface area contributed by atoms with E-state index in [9.17, 15) is 9.59 Å². The van der Waals surface area contributed by atoms with Gasteiger partial charge in [0.2, 0.25) is 11.8 Å². The predicted molar refractivity (Wildman–Crippen MR) is 80.5 cm³/mol. The lowest BCUT2D eigenvalue weighted by Crippen LogP contribution is -2.09. The highest BCUT2D eigenvalue weighted by Crippen LogP contribution is 2.33. The normalized spacial score (nSPS) is 9.90. The molecule has 0 fully saturated rings. The zero-order valence-electron chi connectivity index (χ0n) is 11.4. The molecular weight excluding hydrogens is 252 g/mol. The summed E-state index contributed by atoms with van der Waals surface area (Å²) in [7, 11) is 0. The van der Waals surface area contributed by atoms with Crippen LogP contribution in [-0.2, 0) is 9.59 Å². The number of hydrogen-bond donors (Lipinski definition) is 2. The minimum atomic E-state index is -0.130. The van der Waals surface area contributed by atoms with Crippen LogP contribution in [0.5, 0.6) is 0 Å². The Morgan fingerprint density at radius 1 is 0.700 bits per heavy atom. The van der Waals surface area contributed by atoms with Gasteiger partial charge >= 0.3 is 0 Å². The summed E-state index contributed by atoms with van der Waals surface area (Å²) < 4.78 is 0. The third-order valence-corrected chi connectivity index (χ3v) is 2.77. The molecule has 0 aliphatic rings. The van der Waals surface area contributed by atoms with E-state index in [0.717, 1.165) is 22.5 Å². The van der Waals surface area contributed by atoms with Crippen molar-refractivity contribution in [2.45, 2.75) is 13.8 Å². The van der Waals surface area contributed by atoms with Gasteiger partial charge in [-0.1, -0.05) is 36.4 Å². The fourth-order valence-electron chi connectivity index (χ4n) is 2.03. The Balaban J connectivity index is 2.51. The van der Waals surface area contributed by atoms with E-state index in [4.69, 9.17) is 0 Å². The van der Waals surface area contributed by atoms with Crippen LogP contribution in [0.3, 0.4) is 0 Å². The zero-order chi connectivity index (χ0) is 14.5. The molecule has 20 heavy (non-hydrogen) atoms. The Kier molecular flexibility index (Phi) is 4.15. The van der Waals surface area contributed by atoms with Crippen LogP contribution >= 0.6 is 0 Å². The summed E-state index contributed by atoms with van der Waals surface area (Å²) >= 11 is 0. The van der Waals surface area contributed by atoms with Gasteiger partial charge in [0.05, 0.1) is 0 Å². The third-order valence-electron chi connectivity index (χ3n) is 2.77. The van der Waals surface area contributed by atoms with E-state index in [-0.39, 0.29) is 11.8 Å². The molecule has 2 aromatic rings. The average Bonchev–Trinajstić information content (AvgIpc) is 2.39. The molecule has 0 aromatic heterocycles. The van der Waals surface area contributed by atoms with Crippen LogP contribution in [0.15, 0.2) is 48.5 Å². The first kappa shape index (κ1) is 13.8. The summed E-state index contributed by atoms with van der Waals surface area (Å²) in [6, 6.07) is 15.0. The highest BCUT2D eigenvalue weighted by atomic mass is 16.2. The predicted octanol–water partition coefficient (Wildman–Crippen LogP) is 3.27. The summed E-state index contributed by atoms with van der Waals surface area (Å²) in [5, 5.41) is 5.60. The van der Waals surface area contributed by atoms with Gasteiger partial charge in [-0.3, -0.25) is 9.59 Å². The second-order valence-electron chi connectivity index (χ2n) is 4.45. The van der Waals surface area contributed by atoms with E-state index in [0.29, 0.717) is 0 Å². The molecule has 2 rings (SSSR count). The Morgan fingerprint density at radius 2 is 1.05 bits per heavy atom. The number of carbonyl (C=O) groups is 2. The van der Waals surface area contributed by atoms with Crippen LogP contribution in [-0.4, -0.2) is 11.8 Å². The lowest BCUT2D eigenvalue weighted by molar-refractivity contribution is -0.115. The number of nitrogens with one attached hydrogen (secondary N) is 2. The summed E-state index contributed by atoms with van der Waals surface area (Å²) in [5.41, 5.74) is 3.18. The molecule has 0 spiro atoms. The number of carbonyl (C=O) groups excluding carboxylic acids is 2. The number of benzene rings is 2.